The minimum Gasteiger partial charge on any atom is -0.324 e. The van der Waals surface area contributed by atoms with Crippen molar-refractivity contribution >= 4 is 22.4 Å². The van der Waals surface area contributed by atoms with Gasteiger partial charge in [-0.2, -0.15) is 13.2 Å². The minimum atomic E-state index is -4.48. The molecule has 1 fully saturated rings. The first-order valence-corrected chi connectivity index (χ1v) is 7.57. The maximum absolute atomic E-state index is 12.4. The molecule has 1 aromatic rings. The first-order valence-electron chi connectivity index (χ1n) is 6.08. The van der Waals surface area contributed by atoms with Crippen LogP contribution in [0, 0.1) is 0 Å². The molecule has 9 heteroatoms. The van der Waals surface area contributed by atoms with Crippen molar-refractivity contribution in [2.45, 2.75) is 35.9 Å². The van der Waals surface area contributed by atoms with E-state index in [4.69, 9.17) is 5.73 Å². The third-order valence-electron chi connectivity index (χ3n) is 3.46. The van der Waals surface area contributed by atoms with Gasteiger partial charge in [-0.1, -0.05) is 0 Å². The van der Waals surface area contributed by atoms with Crippen LogP contribution in [0.2, 0.25) is 0 Å². The molecule has 1 aliphatic carbocycles. The number of sulfonamides is 1. The number of benzene rings is 1. The lowest BCUT2D eigenvalue weighted by Gasteiger charge is -2.38. The number of nitrogens with two attached hydrogens (primary N) is 1. The molecule has 1 aromatic carbocycles. The smallest absolute Gasteiger partial charge is 0.324 e. The van der Waals surface area contributed by atoms with Gasteiger partial charge in [-0.05, 0) is 43.5 Å². The van der Waals surface area contributed by atoms with E-state index in [0.717, 1.165) is 43.5 Å². The molecule has 3 N–H and O–H groups in total. The molecule has 0 saturated heterocycles. The molecule has 120 valence electrons. The molecule has 1 saturated carbocycles. The van der Waals surface area contributed by atoms with Gasteiger partial charge in [0, 0.05) is 12.1 Å². The third-order valence-corrected chi connectivity index (χ3v) is 4.87. The van der Waals surface area contributed by atoms with Crippen LogP contribution in [0.15, 0.2) is 29.2 Å². The molecule has 21 heavy (non-hydrogen) atoms. The Bertz CT molecular complexity index is 584. The SMILES string of the molecule is Cl.NC1(CNS(=O)(=O)c2ccc(C(F)(F)F)cc2)CCC1. The summed E-state index contributed by atoms with van der Waals surface area (Å²) in [6, 6.07) is 3.37. The molecule has 0 radical (unpaired) electrons. The van der Waals surface area contributed by atoms with Gasteiger partial charge in [-0.3, -0.25) is 0 Å². The molecule has 0 bridgehead atoms. The highest BCUT2D eigenvalue weighted by atomic mass is 35.5. The van der Waals surface area contributed by atoms with E-state index in [0.29, 0.717) is 0 Å². The van der Waals surface area contributed by atoms with Gasteiger partial charge in [0.05, 0.1) is 10.5 Å². The molecule has 0 spiro atoms. The normalized spacial score (nSPS) is 17.7. The van der Waals surface area contributed by atoms with E-state index in [2.05, 4.69) is 4.72 Å². The summed E-state index contributed by atoms with van der Waals surface area (Å²) in [7, 11) is -3.83. The van der Waals surface area contributed by atoms with E-state index >= 15 is 0 Å². The Labute approximate surface area is 127 Å². The lowest BCUT2D eigenvalue weighted by atomic mass is 9.78. The van der Waals surface area contributed by atoms with Gasteiger partial charge in [-0.25, -0.2) is 13.1 Å². The van der Waals surface area contributed by atoms with Crippen LogP contribution in [0.25, 0.3) is 0 Å². The predicted octanol–water partition coefficient (Wildman–Crippen LogP) is 2.29. The Morgan fingerprint density at radius 1 is 1.19 bits per heavy atom. The molecule has 2 rings (SSSR count). The molecular weight excluding hydrogens is 329 g/mol. The summed E-state index contributed by atoms with van der Waals surface area (Å²) in [5.41, 5.74) is 4.48. The fraction of sp³-hybridized carbons (Fsp3) is 0.500. The molecule has 0 atom stereocenters. The van der Waals surface area contributed by atoms with E-state index < -0.39 is 27.3 Å². The maximum Gasteiger partial charge on any atom is 0.416 e. The summed E-state index contributed by atoms with van der Waals surface area (Å²) in [4.78, 5) is -0.201. The van der Waals surface area contributed by atoms with Crippen molar-refractivity contribution in [2.75, 3.05) is 6.54 Å². The van der Waals surface area contributed by atoms with E-state index in [1.165, 1.54) is 0 Å². The molecule has 0 amide bonds. The van der Waals surface area contributed by atoms with Gasteiger partial charge in [0.25, 0.3) is 0 Å². The number of rotatable bonds is 4. The molecule has 0 aromatic heterocycles. The Morgan fingerprint density at radius 2 is 1.71 bits per heavy atom. The third kappa shape index (κ3) is 4.32. The zero-order chi connectivity index (χ0) is 15.0. The van der Waals surface area contributed by atoms with Crippen molar-refractivity contribution in [1.29, 1.82) is 0 Å². The van der Waals surface area contributed by atoms with Crippen molar-refractivity contribution in [2.24, 2.45) is 5.73 Å². The topological polar surface area (TPSA) is 72.2 Å². The van der Waals surface area contributed by atoms with E-state index in [-0.39, 0.29) is 23.8 Å². The second-order valence-electron chi connectivity index (χ2n) is 5.06. The van der Waals surface area contributed by atoms with Crippen LogP contribution >= 0.6 is 12.4 Å². The molecular formula is C12H16ClF3N2O2S. The number of alkyl halides is 3. The maximum atomic E-state index is 12.4. The molecule has 4 nitrogen and oxygen atoms in total. The summed E-state index contributed by atoms with van der Waals surface area (Å²) in [6.45, 7) is 0.0936. The zero-order valence-corrected chi connectivity index (χ0v) is 12.6. The summed E-state index contributed by atoms with van der Waals surface area (Å²) < 4.78 is 63.4. The molecule has 0 heterocycles. The van der Waals surface area contributed by atoms with Crippen molar-refractivity contribution in [3.05, 3.63) is 29.8 Å². The Balaban J connectivity index is 0.00000220. The fourth-order valence-electron chi connectivity index (χ4n) is 1.95. The van der Waals surface area contributed by atoms with Crippen molar-refractivity contribution in [3.63, 3.8) is 0 Å². The average Bonchev–Trinajstić information content (AvgIpc) is 2.33. The van der Waals surface area contributed by atoms with Gasteiger partial charge >= 0.3 is 6.18 Å². The van der Waals surface area contributed by atoms with Gasteiger partial charge in [0.15, 0.2) is 0 Å². The van der Waals surface area contributed by atoms with Gasteiger partial charge in [0.1, 0.15) is 0 Å². The zero-order valence-electron chi connectivity index (χ0n) is 11.0. The number of halogens is 4. The van der Waals surface area contributed by atoms with E-state index in [1.54, 1.807) is 0 Å². The van der Waals surface area contributed by atoms with Crippen molar-refractivity contribution in [3.8, 4) is 0 Å². The Hall–Kier alpha value is -0.830. The number of nitrogens with one attached hydrogen (secondary N) is 1. The quantitative estimate of drug-likeness (QED) is 0.880. The number of hydrogen-bond donors (Lipinski definition) is 2. The molecule has 0 unspecified atom stereocenters. The summed E-state index contributed by atoms with van der Waals surface area (Å²) in [6.07, 6.45) is -2.05. The van der Waals surface area contributed by atoms with Crippen LogP contribution in [0.3, 0.4) is 0 Å². The summed E-state index contributed by atoms with van der Waals surface area (Å²) >= 11 is 0. The summed E-state index contributed by atoms with van der Waals surface area (Å²) in [5, 5.41) is 0. The lowest BCUT2D eigenvalue weighted by Crippen LogP contribution is -2.54. The first kappa shape index (κ1) is 18.2. The molecule has 1 aliphatic rings. The van der Waals surface area contributed by atoms with E-state index in [1.807, 2.05) is 0 Å². The van der Waals surface area contributed by atoms with Crippen LogP contribution < -0.4 is 10.5 Å². The number of hydrogen-bond acceptors (Lipinski definition) is 3. The Kier molecular flexibility index (Phi) is 5.31. The second-order valence-corrected chi connectivity index (χ2v) is 6.83. The van der Waals surface area contributed by atoms with Crippen LogP contribution in [-0.4, -0.2) is 20.5 Å². The van der Waals surface area contributed by atoms with Crippen LogP contribution in [0.4, 0.5) is 13.2 Å². The first-order chi connectivity index (χ1) is 9.12. The van der Waals surface area contributed by atoms with E-state index in [9.17, 15) is 21.6 Å². The lowest BCUT2D eigenvalue weighted by molar-refractivity contribution is -0.137. The van der Waals surface area contributed by atoms with Gasteiger partial charge in [0.2, 0.25) is 10.0 Å². The highest BCUT2D eigenvalue weighted by Crippen LogP contribution is 2.30. The monoisotopic (exact) mass is 344 g/mol. The standard InChI is InChI=1S/C12H15F3N2O2S.ClH/c13-12(14,15)9-2-4-10(5-3-9)20(18,19)17-8-11(16)6-1-7-11;/h2-5,17H,1,6-8,16H2;1H. The molecule has 0 aliphatic heterocycles. The van der Waals surface area contributed by atoms with Crippen molar-refractivity contribution < 1.29 is 21.6 Å². The average molecular weight is 345 g/mol. The van der Waals surface area contributed by atoms with Crippen LogP contribution in [0.1, 0.15) is 24.8 Å². The second kappa shape index (κ2) is 6.12. The Morgan fingerprint density at radius 3 is 2.10 bits per heavy atom. The largest absolute Gasteiger partial charge is 0.416 e. The highest BCUT2D eigenvalue weighted by Gasteiger charge is 2.34. The summed E-state index contributed by atoms with van der Waals surface area (Å²) in [5.74, 6) is 0. The van der Waals surface area contributed by atoms with Gasteiger partial charge in [-0.15, -0.1) is 12.4 Å². The van der Waals surface area contributed by atoms with Crippen LogP contribution in [0.5, 0.6) is 0 Å². The van der Waals surface area contributed by atoms with Crippen LogP contribution in [-0.2, 0) is 16.2 Å². The highest BCUT2D eigenvalue weighted by molar-refractivity contribution is 7.89. The predicted molar refractivity (Wildman–Crippen MR) is 74.6 cm³/mol. The minimum absolute atomic E-state index is 0. The fourth-order valence-corrected chi connectivity index (χ4v) is 3.09. The van der Waals surface area contributed by atoms with Gasteiger partial charge < -0.3 is 5.73 Å². The van der Waals surface area contributed by atoms with Crippen molar-refractivity contribution in [1.82, 2.24) is 4.72 Å².